The molecule has 0 aromatic heterocycles. The van der Waals surface area contributed by atoms with Crippen LogP contribution < -0.4 is 0 Å². The number of benzene rings is 1. The molecule has 88 valence electrons. The maximum atomic E-state index is 11.9. The summed E-state index contributed by atoms with van der Waals surface area (Å²) in [4.78, 5) is 11.9. The lowest BCUT2D eigenvalue weighted by atomic mass is 10.0. The Hall–Kier alpha value is -1.15. The summed E-state index contributed by atoms with van der Waals surface area (Å²) < 4.78 is 5.13. The van der Waals surface area contributed by atoms with Crippen molar-refractivity contribution in [1.82, 2.24) is 0 Å². The van der Waals surface area contributed by atoms with Gasteiger partial charge in [-0.05, 0) is 44.4 Å². The van der Waals surface area contributed by atoms with Crippen molar-refractivity contribution in [1.29, 1.82) is 0 Å². The zero-order valence-corrected chi connectivity index (χ0v) is 10.5. The third-order valence-corrected chi connectivity index (χ3v) is 3.01. The third-order valence-electron chi connectivity index (χ3n) is 3.01. The number of rotatable bonds is 5. The Kier molecular flexibility index (Phi) is 4.69. The Balaban J connectivity index is 2.63. The maximum absolute atomic E-state index is 11.9. The van der Waals surface area contributed by atoms with E-state index in [9.17, 15) is 4.79 Å². The number of Topliss-reactive ketones (excluding diaryl/α,β-unsaturated/α-hetero) is 1. The maximum Gasteiger partial charge on any atom is 0.162 e. The van der Waals surface area contributed by atoms with Crippen LogP contribution in [-0.2, 0) is 4.74 Å². The second-order valence-electron chi connectivity index (χ2n) is 4.31. The molecule has 0 saturated heterocycles. The van der Waals surface area contributed by atoms with Crippen LogP contribution in [0.2, 0.25) is 0 Å². The fraction of sp³-hybridized carbons (Fsp3) is 0.500. The average molecular weight is 220 g/mol. The molecule has 0 bridgehead atoms. The first-order chi connectivity index (χ1) is 7.54. The molecular formula is C14H20O2. The van der Waals surface area contributed by atoms with Gasteiger partial charge in [0.2, 0.25) is 0 Å². The molecule has 2 heteroatoms. The van der Waals surface area contributed by atoms with Gasteiger partial charge in [0.05, 0.1) is 6.10 Å². The summed E-state index contributed by atoms with van der Waals surface area (Å²) >= 11 is 0. The van der Waals surface area contributed by atoms with Crippen LogP contribution in [0.5, 0.6) is 0 Å². The fourth-order valence-corrected chi connectivity index (χ4v) is 1.51. The Morgan fingerprint density at radius 2 is 2.00 bits per heavy atom. The summed E-state index contributed by atoms with van der Waals surface area (Å²) in [7, 11) is 1.67. The van der Waals surface area contributed by atoms with Crippen molar-refractivity contribution in [3.8, 4) is 0 Å². The van der Waals surface area contributed by atoms with E-state index in [0.717, 1.165) is 12.0 Å². The van der Waals surface area contributed by atoms with Crippen LogP contribution in [-0.4, -0.2) is 19.0 Å². The summed E-state index contributed by atoms with van der Waals surface area (Å²) in [6, 6.07) is 5.87. The molecule has 0 heterocycles. The second-order valence-corrected chi connectivity index (χ2v) is 4.31. The van der Waals surface area contributed by atoms with E-state index < -0.39 is 0 Å². The molecule has 0 aliphatic carbocycles. The fourth-order valence-electron chi connectivity index (χ4n) is 1.51. The molecule has 2 nitrogen and oxygen atoms in total. The van der Waals surface area contributed by atoms with Crippen molar-refractivity contribution in [3.63, 3.8) is 0 Å². The minimum atomic E-state index is 0.149. The lowest BCUT2D eigenvalue weighted by molar-refractivity contribution is 0.0877. The Bertz CT molecular complexity index is 369. The molecule has 16 heavy (non-hydrogen) atoms. The summed E-state index contributed by atoms with van der Waals surface area (Å²) in [5.41, 5.74) is 3.21. The van der Waals surface area contributed by atoms with Gasteiger partial charge in [-0.3, -0.25) is 4.79 Å². The first-order valence-corrected chi connectivity index (χ1v) is 5.68. The highest BCUT2D eigenvalue weighted by atomic mass is 16.5. The molecule has 1 rings (SSSR count). The number of hydrogen-bond donors (Lipinski definition) is 0. The highest BCUT2D eigenvalue weighted by Gasteiger charge is 2.09. The molecule has 0 fully saturated rings. The van der Waals surface area contributed by atoms with Gasteiger partial charge in [0.1, 0.15) is 0 Å². The molecular weight excluding hydrogens is 200 g/mol. The smallest absolute Gasteiger partial charge is 0.162 e. The van der Waals surface area contributed by atoms with Gasteiger partial charge in [-0.15, -0.1) is 0 Å². The van der Waals surface area contributed by atoms with E-state index in [1.54, 1.807) is 7.11 Å². The van der Waals surface area contributed by atoms with Gasteiger partial charge in [0.15, 0.2) is 5.78 Å². The van der Waals surface area contributed by atoms with Crippen molar-refractivity contribution in [3.05, 3.63) is 34.9 Å². The highest BCUT2D eigenvalue weighted by molar-refractivity contribution is 5.96. The first kappa shape index (κ1) is 12.9. The largest absolute Gasteiger partial charge is 0.382 e. The molecule has 0 N–H and O–H groups in total. The molecule has 0 aliphatic rings. The quantitative estimate of drug-likeness (QED) is 0.712. The van der Waals surface area contributed by atoms with E-state index in [1.807, 2.05) is 32.0 Å². The van der Waals surface area contributed by atoms with Crippen LogP contribution in [0.15, 0.2) is 18.2 Å². The number of hydrogen-bond acceptors (Lipinski definition) is 2. The predicted octanol–water partition coefficient (Wildman–Crippen LogP) is 3.30. The molecule has 1 atom stereocenters. The number of methoxy groups -OCH3 is 1. The second kappa shape index (κ2) is 5.80. The van der Waals surface area contributed by atoms with Crippen molar-refractivity contribution >= 4 is 5.78 Å². The topological polar surface area (TPSA) is 26.3 Å². The van der Waals surface area contributed by atoms with E-state index >= 15 is 0 Å². The molecule has 0 radical (unpaired) electrons. The van der Waals surface area contributed by atoms with E-state index in [1.165, 1.54) is 11.1 Å². The van der Waals surface area contributed by atoms with Crippen LogP contribution in [0, 0.1) is 13.8 Å². The normalized spacial score (nSPS) is 12.5. The summed E-state index contributed by atoms with van der Waals surface area (Å²) in [6.45, 7) is 6.06. The first-order valence-electron chi connectivity index (χ1n) is 5.68. The number of ether oxygens (including phenoxy) is 1. The zero-order valence-electron chi connectivity index (χ0n) is 10.5. The van der Waals surface area contributed by atoms with Gasteiger partial charge in [-0.1, -0.05) is 12.1 Å². The van der Waals surface area contributed by atoms with E-state index in [2.05, 4.69) is 6.92 Å². The van der Waals surface area contributed by atoms with Gasteiger partial charge in [0, 0.05) is 19.1 Å². The highest BCUT2D eigenvalue weighted by Crippen LogP contribution is 2.13. The minimum absolute atomic E-state index is 0.149. The predicted molar refractivity (Wildman–Crippen MR) is 66.0 cm³/mol. The summed E-state index contributed by atoms with van der Waals surface area (Å²) in [5.74, 6) is 0.201. The Labute approximate surface area is 97.6 Å². The molecule has 0 aliphatic heterocycles. The monoisotopic (exact) mass is 220 g/mol. The van der Waals surface area contributed by atoms with Gasteiger partial charge in [-0.2, -0.15) is 0 Å². The Morgan fingerprint density at radius 3 is 2.56 bits per heavy atom. The van der Waals surface area contributed by atoms with Crippen LogP contribution in [0.1, 0.15) is 41.3 Å². The average Bonchev–Trinajstić information content (AvgIpc) is 2.29. The number of aryl methyl sites for hydroxylation is 2. The van der Waals surface area contributed by atoms with E-state index in [-0.39, 0.29) is 11.9 Å². The third kappa shape index (κ3) is 3.46. The number of ketones is 1. The molecule has 0 spiro atoms. The lowest BCUT2D eigenvalue weighted by Crippen LogP contribution is -2.08. The van der Waals surface area contributed by atoms with Gasteiger partial charge < -0.3 is 4.74 Å². The lowest BCUT2D eigenvalue weighted by Gasteiger charge is -2.09. The number of carbonyl (C=O) groups is 1. The van der Waals surface area contributed by atoms with Crippen LogP contribution in [0.3, 0.4) is 0 Å². The van der Waals surface area contributed by atoms with Crippen molar-refractivity contribution in [2.75, 3.05) is 7.11 Å². The molecule has 1 aromatic rings. The molecule has 0 amide bonds. The summed E-state index contributed by atoms with van der Waals surface area (Å²) in [6.07, 6.45) is 1.48. The van der Waals surface area contributed by atoms with Crippen molar-refractivity contribution in [2.24, 2.45) is 0 Å². The SMILES string of the molecule is COC(C)CCC(=O)c1ccc(C)c(C)c1. The Morgan fingerprint density at radius 1 is 1.31 bits per heavy atom. The van der Waals surface area contributed by atoms with Gasteiger partial charge >= 0.3 is 0 Å². The molecule has 1 aromatic carbocycles. The van der Waals surface area contributed by atoms with Gasteiger partial charge in [-0.25, -0.2) is 0 Å². The van der Waals surface area contributed by atoms with Gasteiger partial charge in [0.25, 0.3) is 0 Å². The van der Waals surface area contributed by atoms with E-state index in [0.29, 0.717) is 6.42 Å². The standard InChI is InChI=1S/C14H20O2/c1-10-5-7-13(9-11(10)2)14(15)8-6-12(3)16-4/h5,7,9,12H,6,8H2,1-4H3. The molecule has 1 unspecified atom stereocenters. The minimum Gasteiger partial charge on any atom is -0.382 e. The number of carbonyl (C=O) groups excluding carboxylic acids is 1. The van der Waals surface area contributed by atoms with Crippen LogP contribution in [0.25, 0.3) is 0 Å². The van der Waals surface area contributed by atoms with Crippen LogP contribution in [0.4, 0.5) is 0 Å². The molecule has 0 saturated carbocycles. The zero-order chi connectivity index (χ0) is 12.1. The van der Waals surface area contributed by atoms with Crippen molar-refractivity contribution < 1.29 is 9.53 Å². The van der Waals surface area contributed by atoms with E-state index in [4.69, 9.17) is 4.74 Å². The summed E-state index contributed by atoms with van der Waals surface area (Å²) in [5, 5.41) is 0. The van der Waals surface area contributed by atoms with Crippen molar-refractivity contribution in [2.45, 2.75) is 39.7 Å². The van der Waals surface area contributed by atoms with Crippen LogP contribution >= 0.6 is 0 Å².